The molecular formula is C24H38N6O2. The van der Waals surface area contributed by atoms with Gasteiger partial charge >= 0.3 is 0 Å². The monoisotopic (exact) mass is 442 g/mol. The number of carbonyl (C=O) groups is 2. The van der Waals surface area contributed by atoms with Gasteiger partial charge in [-0.05, 0) is 46.1 Å². The van der Waals surface area contributed by atoms with E-state index in [9.17, 15) is 9.59 Å². The molecular weight excluding hydrogens is 404 g/mol. The highest BCUT2D eigenvalue weighted by Crippen LogP contribution is 2.29. The Morgan fingerprint density at radius 3 is 2.38 bits per heavy atom. The van der Waals surface area contributed by atoms with Crippen molar-refractivity contribution >= 4 is 22.8 Å². The Hall–Kier alpha value is -2.48. The molecule has 2 aromatic heterocycles. The summed E-state index contributed by atoms with van der Waals surface area (Å²) in [5, 5.41) is 8.51. The number of nitrogens with one attached hydrogen (secondary N) is 1. The Morgan fingerprint density at radius 2 is 1.81 bits per heavy atom. The molecule has 2 amide bonds. The predicted octanol–water partition coefficient (Wildman–Crippen LogP) is 2.90. The molecule has 1 saturated heterocycles. The van der Waals surface area contributed by atoms with Gasteiger partial charge in [-0.25, -0.2) is 9.67 Å². The van der Waals surface area contributed by atoms with Gasteiger partial charge in [0.15, 0.2) is 5.65 Å². The molecule has 0 unspecified atom stereocenters. The Bertz CT molecular complexity index is 981. The van der Waals surface area contributed by atoms with Crippen molar-refractivity contribution in [1.82, 2.24) is 29.9 Å². The molecule has 32 heavy (non-hydrogen) atoms. The third-order valence-electron chi connectivity index (χ3n) is 5.89. The molecule has 3 rings (SSSR count). The lowest BCUT2D eigenvalue weighted by molar-refractivity contribution is -0.122. The van der Waals surface area contributed by atoms with E-state index in [0.717, 1.165) is 28.8 Å². The molecule has 3 heterocycles. The van der Waals surface area contributed by atoms with Gasteiger partial charge in [-0.1, -0.05) is 20.8 Å². The SMILES string of the molecule is CCCNC(=O)CN1CCN(C(=O)c2cc(C(C)C)nc3c2c(C)nn3C(C)(C)C)CC1. The zero-order valence-corrected chi connectivity index (χ0v) is 20.7. The predicted molar refractivity (Wildman–Crippen MR) is 127 cm³/mol. The molecule has 0 saturated carbocycles. The lowest BCUT2D eigenvalue weighted by Crippen LogP contribution is -2.51. The van der Waals surface area contributed by atoms with Gasteiger partial charge in [0.05, 0.1) is 28.7 Å². The summed E-state index contributed by atoms with van der Waals surface area (Å²) in [6.07, 6.45) is 0.929. The summed E-state index contributed by atoms with van der Waals surface area (Å²) in [5.74, 6) is 0.272. The smallest absolute Gasteiger partial charge is 0.254 e. The number of amides is 2. The quantitative estimate of drug-likeness (QED) is 0.744. The molecule has 0 atom stereocenters. The van der Waals surface area contributed by atoms with Crippen molar-refractivity contribution in [3.8, 4) is 0 Å². The highest BCUT2D eigenvalue weighted by molar-refractivity contribution is 6.06. The van der Waals surface area contributed by atoms with Crippen LogP contribution >= 0.6 is 0 Å². The van der Waals surface area contributed by atoms with Gasteiger partial charge in [-0.2, -0.15) is 5.10 Å². The summed E-state index contributed by atoms with van der Waals surface area (Å²) >= 11 is 0. The van der Waals surface area contributed by atoms with E-state index in [-0.39, 0.29) is 23.3 Å². The summed E-state index contributed by atoms with van der Waals surface area (Å²) in [6.45, 7) is 18.1. The van der Waals surface area contributed by atoms with Crippen LogP contribution in [0.2, 0.25) is 0 Å². The number of pyridine rings is 1. The molecule has 1 fully saturated rings. The lowest BCUT2D eigenvalue weighted by Gasteiger charge is -2.34. The van der Waals surface area contributed by atoms with Gasteiger partial charge in [-0.3, -0.25) is 14.5 Å². The van der Waals surface area contributed by atoms with Crippen LogP contribution in [-0.2, 0) is 10.3 Å². The molecule has 1 aliphatic rings. The summed E-state index contributed by atoms with van der Waals surface area (Å²) in [4.78, 5) is 34.6. The number of carbonyl (C=O) groups excluding carboxylic acids is 2. The normalized spacial score (nSPS) is 15.6. The third-order valence-corrected chi connectivity index (χ3v) is 5.89. The Morgan fingerprint density at radius 1 is 1.16 bits per heavy atom. The van der Waals surface area contributed by atoms with Crippen molar-refractivity contribution in [3.63, 3.8) is 0 Å². The fourth-order valence-electron chi connectivity index (χ4n) is 4.04. The number of piperazine rings is 1. The molecule has 8 nitrogen and oxygen atoms in total. The van der Waals surface area contributed by atoms with Crippen molar-refractivity contribution in [3.05, 3.63) is 23.0 Å². The van der Waals surface area contributed by atoms with Crippen LogP contribution in [0, 0.1) is 6.92 Å². The van der Waals surface area contributed by atoms with E-state index in [0.29, 0.717) is 44.8 Å². The highest BCUT2D eigenvalue weighted by atomic mass is 16.2. The first-order valence-corrected chi connectivity index (χ1v) is 11.7. The maximum atomic E-state index is 13.6. The van der Waals surface area contributed by atoms with E-state index in [1.165, 1.54) is 0 Å². The number of hydrogen-bond donors (Lipinski definition) is 1. The van der Waals surface area contributed by atoms with Crippen molar-refractivity contribution in [2.24, 2.45) is 0 Å². The van der Waals surface area contributed by atoms with E-state index in [1.54, 1.807) is 0 Å². The Balaban J connectivity index is 1.85. The van der Waals surface area contributed by atoms with E-state index in [2.05, 4.69) is 44.8 Å². The highest BCUT2D eigenvalue weighted by Gasteiger charge is 2.29. The molecule has 2 aromatic rings. The van der Waals surface area contributed by atoms with Crippen LogP contribution in [0.3, 0.4) is 0 Å². The molecule has 0 spiro atoms. The maximum Gasteiger partial charge on any atom is 0.254 e. The van der Waals surface area contributed by atoms with E-state index in [1.807, 2.05) is 29.5 Å². The molecule has 0 aromatic carbocycles. The van der Waals surface area contributed by atoms with Crippen LogP contribution in [0.15, 0.2) is 6.07 Å². The van der Waals surface area contributed by atoms with Gasteiger partial charge in [0.1, 0.15) is 0 Å². The summed E-state index contributed by atoms with van der Waals surface area (Å²) in [6, 6.07) is 1.95. The molecule has 0 radical (unpaired) electrons. The molecule has 176 valence electrons. The van der Waals surface area contributed by atoms with Crippen LogP contribution in [-0.4, -0.2) is 75.6 Å². The van der Waals surface area contributed by atoms with Gasteiger partial charge in [-0.15, -0.1) is 0 Å². The van der Waals surface area contributed by atoms with Gasteiger partial charge < -0.3 is 10.2 Å². The second kappa shape index (κ2) is 9.57. The number of rotatable bonds is 6. The minimum atomic E-state index is -0.237. The number of hydrogen-bond acceptors (Lipinski definition) is 5. The topological polar surface area (TPSA) is 83.4 Å². The molecule has 0 aliphatic carbocycles. The van der Waals surface area contributed by atoms with Gasteiger partial charge in [0.2, 0.25) is 5.91 Å². The first kappa shape index (κ1) is 24.2. The van der Waals surface area contributed by atoms with Crippen LogP contribution < -0.4 is 5.32 Å². The van der Waals surface area contributed by atoms with Crippen LogP contribution in [0.25, 0.3) is 11.0 Å². The number of fused-ring (bicyclic) bond motifs is 1. The average molecular weight is 443 g/mol. The zero-order chi connectivity index (χ0) is 23.6. The molecule has 1 aliphatic heterocycles. The van der Waals surface area contributed by atoms with E-state index >= 15 is 0 Å². The fraction of sp³-hybridized carbons (Fsp3) is 0.667. The minimum Gasteiger partial charge on any atom is -0.355 e. The molecule has 8 heteroatoms. The van der Waals surface area contributed by atoms with E-state index < -0.39 is 0 Å². The maximum absolute atomic E-state index is 13.6. The van der Waals surface area contributed by atoms with Crippen molar-refractivity contribution in [2.75, 3.05) is 39.3 Å². The number of aromatic nitrogens is 3. The lowest BCUT2D eigenvalue weighted by atomic mass is 10.0. The van der Waals surface area contributed by atoms with Crippen molar-refractivity contribution in [2.45, 2.75) is 66.3 Å². The van der Waals surface area contributed by atoms with Gasteiger partial charge in [0.25, 0.3) is 5.91 Å². The van der Waals surface area contributed by atoms with Crippen LogP contribution in [0.4, 0.5) is 0 Å². The van der Waals surface area contributed by atoms with Crippen LogP contribution in [0.5, 0.6) is 0 Å². The van der Waals surface area contributed by atoms with Crippen molar-refractivity contribution < 1.29 is 9.59 Å². The average Bonchev–Trinajstić information content (AvgIpc) is 3.08. The van der Waals surface area contributed by atoms with Crippen molar-refractivity contribution in [1.29, 1.82) is 0 Å². The second-order valence-electron chi connectivity index (χ2n) is 10.0. The van der Waals surface area contributed by atoms with Crippen LogP contribution in [0.1, 0.15) is 75.6 Å². The first-order valence-electron chi connectivity index (χ1n) is 11.7. The standard InChI is InChI=1S/C24H38N6O2/c1-8-9-25-20(31)15-28-10-12-29(13-11-28)23(32)18-14-19(16(2)3)26-22-21(18)17(4)27-30(22)24(5,6)7/h14,16H,8-13,15H2,1-7H3,(H,25,31). The third kappa shape index (κ3) is 5.11. The zero-order valence-electron chi connectivity index (χ0n) is 20.7. The van der Waals surface area contributed by atoms with Gasteiger partial charge in [0, 0.05) is 38.4 Å². The Kier molecular flexibility index (Phi) is 7.22. The first-order chi connectivity index (χ1) is 15.0. The summed E-state index contributed by atoms with van der Waals surface area (Å²) in [7, 11) is 0. The summed E-state index contributed by atoms with van der Waals surface area (Å²) in [5.41, 5.74) is 2.95. The number of nitrogens with zero attached hydrogens (tertiary/aromatic N) is 5. The fourth-order valence-corrected chi connectivity index (χ4v) is 4.04. The van der Waals surface area contributed by atoms with E-state index in [4.69, 9.17) is 10.1 Å². The molecule has 1 N–H and O–H groups in total. The molecule has 0 bridgehead atoms. The largest absolute Gasteiger partial charge is 0.355 e. The Labute approximate surface area is 191 Å². The summed E-state index contributed by atoms with van der Waals surface area (Å²) < 4.78 is 1.94. The second-order valence-corrected chi connectivity index (χ2v) is 10.0. The number of aryl methyl sites for hydroxylation is 1. The minimum absolute atomic E-state index is 0.0194.